The smallest absolute Gasteiger partial charge is 0.345 e. The van der Waals surface area contributed by atoms with Crippen molar-refractivity contribution in [3.05, 3.63) is 21.9 Å². The molecule has 1 heterocycles. The predicted octanol–water partition coefficient (Wildman–Crippen LogP) is 2.71. The monoisotopic (exact) mass is 255 g/mol. The van der Waals surface area contributed by atoms with Gasteiger partial charge in [0.25, 0.3) is 5.91 Å². The fraction of sp³-hybridized carbons (Fsp3) is 0.500. The Bertz CT molecular complexity index is 394. The molecule has 0 aliphatic rings. The molecule has 0 aliphatic heterocycles. The van der Waals surface area contributed by atoms with Crippen LogP contribution in [0, 0.1) is 0 Å². The number of hydrogen-bond acceptors (Lipinski definition) is 3. The first-order chi connectivity index (χ1) is 8.10. The lowest BCUT2D eigenvalue weighted by molar-refractivity contribution is 0.0701. The molecular weight excluding hydrogens is 238 g/mol. The molecule has 0 radical (unpaired) electrons. The second-order valence-electron chi connectivity index (χ2n) is 3.76. The van der Waals surface area contributed by atoms with E-state index in [0.29, 0.717) is 18.0 Å². The number of hydrogen-bond donors (Lipinski definition) is 1. The number of nitrogens with zero attached hydrogens (tertiary/aromatic N) is 1. The molecule has 0 fully saturated rings. The molecule has 4 nitrogen and oxygen atoms in total. The molecule has 1 aromatic heterocycles. The van der Waals surface area contributed by atoms with E-state index in [0.717, 1.165) is 24.2 Å². The van der Waals surface area contributed by atoms with E-state index in [1.54, 1.807) is 11.0 Å². The third-order valence-electron chi connectivity index (χ3n) is 2.30. The summed E-state index contributed by atoms with van der Waals surface area (Å²) in [5.74, 6) is -1.04. The van der Waals surface area contributed by atoms with Crippen molar-refractivity contribution in [3.8, 4) is 0 Å². The minimum Gasteiger partial charge on any atom is -0.477 e. The van der Waals surface area contributed by atoms with Gasteiger partial charge in [0.15, 0.2) is 0 Å². The van der Waals surface area contributed by atoms with E-state index < -0.39 is 5.97 Å². The van der Waals surface area contributed by atoms with Crippen LogP contribution in [0.1, 0.15) is 46.0 Å². The minimum atomic E-state index is -0.980. The zero-order valence-electron chi connectivity index (χ0n) is 10.1. The summed E-state index contributed by atoms with van der Waals surface area (Å²) < 4.78 is 0. The quantitative estimate of drug-likeness (QED) is 0.850. The predicted molar refractivity (Wildman–Crippen MR) is 67.8 cm³/mol. The van der Waals surface area contributed by atoms with Crippen LogP contribution in [0.15, 0.2) is 12.1 Å². The second-order valence-corrected chi connectivity index (χ2v) is 4.85. The number of thiophene rings is 1. The average molecular weight is 255 g/mol. The van der Waals surface area contributed by atoms with Crippen LogP contribution in [0.5, 0.6) is 0 Å². The van der Waals surface area contributed by atoms with E-state index in [9.17, 15) is 9.59 Å². The maximum Gasteiger partial charge on any atom is 0.345 e. The van der Waals surface area contributed by atoms with Gasteiger partial charge in [-0.15, -0.1) is 11.3 Å². The lowest BCUT2D eigenvalue weighted by atomic mass is 10.3. The summed E-state index contributed by atoms with van der Waals surface area (Å²) in [7, 11) is 0. The molecule has 0 aliphatic carbocycles. The molecule has 5 heteroatoms. The Hall–Kier alpha value is -1.36. The third-order valence-corrected chi connectivity index (χ3v) is 3.36. The van der Waals surface area contributed by atoms with Crippen LogP contribution < -0.4 is 0 Å². The van der Waals surface area contributed by atoms with Crippen molar-refractivity contribution in [2.75, 3.05) is 13.1 Å². The fourth-order valence-corrected chi connectivity index (χ4v) is 2.39. The highest BCUT2D eigenvalue weighted by Crippen LogP contribution is 2.18. The first-order valence-electron chi connectivity index (χ1n) is 5.72. The van der Waals surface area contributed by atoms with Crippen molar-refractivity contribution < 1.29 is 14.7 Å². The molecule has 0 unspecified atom stereocenters. The molecule has 0 bridgehead atoms. The van der Waals surface area contributed by atoms with Crippen LogP contribution in [0.2, 0.25) is 0 Å². The maximum atomic E-state index is 12.1. The van der Waals surface area contributed by atoms with Gasteiger partial charge in [0.2, 0.25) is 0 Å². The van der Waals surface area contributed by atoms with Gasteiger partial charge in [0.1, 0.15) is 4.88 Å². The fourth-order valence-electron chi connectivity index (χ4n) is 1.58. The standard InChI is InChI=1S/C12H17NO3S/c1-3-7-13(8-4-2)11(14)9-5-6-10(17-9)12(15)16/h5-6H,3-4,7-8H2,1-2H3,(H,15,16). The number of carbonyl (C=O) groups is 2. The summed E-state index contributed by atoms with van der Waals surface area (Å²) in [6.45, 7) is 5.47. The van der Waals surface area contributed by atoms with Crippen molar-refractivity contribution in [1.29, 1.82) is 0 Å². The first-order valence-corrected chi connectivity index (χ1v) is 6.54. The lowest BCUT2D eigenvalue weighted by Crippen LogP contribution is -2.31. The Kier molecular flexibility index (Phi) is 5.15. The first kappa shape index (κ1) is 13.7. The molecule has 94 valence electrons. The van der Waals surface area contributed by atoms with Gasteiger partial charge in [-0.1, -0.05) is 13.8 Å². The number of carboxylic acid groups (broad SMARTS) is 1. The van der Waals surface area contributed by atoms with Crippen LogP contribution >= 0.6 is 11.3 Å². The van der Waals surface area contributed by atoms with Crippen molar-refractivity contribution >= 4 is 23.2 Å². The highest BCUT2D eigenvalue weighted by Gasteiger charge is 2.17. The second kappa shape index (κ2) is 6.39. The van der Waals surface area contributed by atoms with Crippen LogP contribution in [-0.4, -0.2) is 35.0 Å². The minimum absolute atomic E-state index is 0.0637. The molecule has 1 N–H and O–H groups in total. The molecule has 0 atom stereocenters. The number of rotatable bonds is 6. The van der Waals surface area contributed by atoms with E-state index in [1.807, 2.05) is 13.8 Å². The molecular formula is C12H17NO3S. The van der Waals surface area contributed by atoms with Gasteiger partial charge in [0, 0.05) is 13.1 Å². The molecule has 17 heavy (non-hydrogen) atoms. The van der Waals surface area contributed by atoms with Gasteiger partial charge in [0.05, 0.1) is 4.88 Å². The third kappa shape index (κ3) is 3.56. The van der Waals surface area contributed by atoms with Crippen LogP contribution in [0.4, 0.5) is 0 Å². The summed E-state index contributed by atoms with van der Waals surface area (Å²) in [5.41, 5.74) is 0. The zero-order valence-corrected chi connectivity index (χ0v) is 10.9. The molecule has 0 spiro atoms. The Morgan fingerprint density at radius 3 is 2.12 bits per heavy atom. The highest BCUT2D eigenvalue weighted by atomic mass is 32.1. The van der Waals surface area contributed by atoms with E-state index in [4.69, 9.17) is 5.11 Å². The Balaban J connectivity index is 2.81. The van der Waals surface area contributed by atoms with Gasteiger partial charge in [-0.2, -0.15) is 0 Å². The topological polar surface area (TPSA) is 57.6 Å². The molecule has 1 aromatic rings. The van der Waals surface area contributed by atoms with Crippen molar-refractivity contribution in [2.45, 2.75) is 26.7 Å². The van der Waals surface area contributed by atoms with E-state index in [1.165, 1.54) is 6.07 Å². The Labute approximate surface area is 105 Å². The number of carboxylic acids is 1. The van der Waals surface area contributed by atoms with Crippen LogP contribution in [0.25, 0.3) is 0 Å². The largest absolute Gasteiger partial charge is 0.477 e. The van der Waals surface area contributed by atoms with Gasteiger partial charge in [-0.25, -0.2) is 4.79 Å². The molecule has 0 aromatic carbocycles. The summed E-state index contributed by atoms with van der Waals surface area (Å²) in [6, 6.07) is 3.07. The number of amides is 1. The summed E-state index contributed by atoms with van der Waals surface area (Å²) >= 11 is 1.04. The van der Waals surface area contributed by atoms with Crippen molar-refractivity contribution in [1.82, 2.24) is 4.90 Å². The average Bonchev–Trinajstić information content (AvgIpc) is 2.77. The van der Waals surface area contributed by atoms with Gasteiger partial charge >= 0.3 is 5.97 Å². The summed E-state index contributed by atoms with van der Waals surface area (Å²) in [5, 5.41) is 8.81. The van der Waals surface area contributed by atoms with Crippen molar-refractivity contribution in [2.24, 2.45) is 0 Å². The highest BCUT2D eigenvalue weighted by molar-refractivity contribution is 7.15. The van der Waals surface area contributed by atoms with Crippen LogP contribution in [0.3, 0.4) is 0 Å². The van der Waals surface area contributed by atoms with E-state index in [2.05, 4.69) is 0 Å². The van der Waals surface area contributed by atoms with Gasteiger partial charge < -0.3 is 10.0 Å². The van der Waals surface area contributed by atoms with E-state index >= 15 is 0 Å². The summed E-state index contributed by atoms with van der Waals surface area (Å²) in [6.07, 6.45) is 1.81. The molecule has 0 saturated carbocycles. The molecule has 1 rings (SSSR count). The van der Waals surface area contributed by atoms with Crippen LogP contribution in [-0.2, 0) is 0 Å². The summed E-state index contributed by atoms with van der Waals surface area (Å²) in [4.78, 5) is 25.3. The van der Waals surface area contributed by atoms with E-state index in [-0.39, 0.29) is 10.8 Å². The SMILES string of the molecule is CCCN(CCC)C(=O)c1ccc(C(=O)O)s1. The number of carbonyl (C=O) groups excluding carboxylic acids is 1. The Morgan fingerprint density at radius 2 is 1.71 bits per heavy atom. The maximum absolute atomic E-state index is 12.1. The Morgan fingerprint density at radius 1 is 1.18 bits per heavy atom. The normalized spacial score (nSPS) is 10.2. The zero-order chi connectivity index (χ0) is 12.8. The molecule has 0 saturated heterocycles. The van der Waals surface area contributed by atoms with Gasteiger partial charge in [-0.3, -0.25) is 4.79 Å². The molecule has 1 amide bonds. The number of aromatic carboxylic acids is 1. The van der Waals surface area contributed by atoms with Crippen molar-refractivity contribution in [3.63, 3.8) is 0 Å². The van der Waals surface area contributed by atoms with Gasteiger partial charge in [-0.05, 0) is 25.0 Å². The lowest BCUT2D eigenvalue weighted by Gasteiger charge is -2.20.